The predicted molar refractivity (Wildman–Crippen MR) is 112 cm³/mol. The van der Waals surface area contributed by atoms with Crippen LogP contribution in [0.3, 0.4) is 0 Å². The Morgan fingerprint density at radius 2 is 1.52 bits per heavy atom. The zero-order chi connectivity index (χ0) is 21.2. The lowest BCUT2D eigenvalue weighted by atomic mass is 10.1. The summed E-state index contributed by atoms with van der Waals surface area (Å²) in [5.41, 5.74) is 3.90. The maximum Gasteiger partial charge on any atom is 0.261 e. The molecule has 0 atom stereocenters. The first-order chi connectivity index (χ1) is 13.7. The SMILES string of the molecule is Cc1ccc(NS(=O)(=O)c2ccc(C(=O)Nc3ccc(F)cc3C)cc2)cc1C. The lowest BCUT2D eigenvalue weighted by Gasteiger charge is -2.11. The molecule has 7 heteroatoms. The van der Waals surface area contributed by atoms with Crippen molar-refractivity contribution in [3.05, 3.63) is 88.7 Å². The average Bonchev–Trinajstić information content (AvgIpc) is 2.67. The summed E-state index contributed by atoms with van der Waals surface area (Å²) < 4.78 is 40.9. The van der Waals surface area contributed by atoms with E-state index in [2.05, 4.69) is 10.0 Å². The number of carbonyl (C=O) groups excluding carboxylic acids is 1. The zero-order valence-corrected chi connectivity index (χ0v) is 17.1. The molecule has 0 radical (unpaired) electrons. The van der Waals surface area contributed by atoms with Gasteiger partial charge < -0.3 is 5.32 Å². The number of halogens is 1. The number of rotatable bonds is 5. The van der Waals surface area contributed by atoms with E-state index in [9.17, 15) is 17.6 Å². The van der Waals surface area contributed by atoms with Crippen LogP contribution in [0, 0.1) is 26.6 Å². The van der Waals surface area contributed by atoms with Crippen LogP contribution in [0.1, 0.15) is 27.0 Å². The molecule has 0 saturated heterocycles. The zero-order valence-electron chi connectivity index (χ0n) is 16.3. The van der Waals surface area contributed by atoms with Gasteiger partial charge in [-0.25, -0.2) is 12.8 Å². The van der Waals surface area contributed by atoms with E-state index in [1.807, 2.05) is 19.9 Å². The molecule has 1 amide bonds. The summed E-state index contributed by atoms with van der Waals surface area (Å²) in [6.45, 7) is 5.54. The molecule has 29 heavy (non-hydrogen) atoms. The quantitative estimate of drug-likeness (QED) is 0.632. The van der Waals surface area contributed by atoms with Crippen molar-refractivity contribution in [1.82, 2.24) is 0 Å². The summed E-state index contributed by atoms with van der Waals surface area (Å²) in [6.07, 6.45) is 0. The number of aryl methyl sites for hydroxylation is 3. The van der Waals surface area contributed by atoms with Gasteiger partial charge in [-0.1, -0.05) is 6.07 Å². The summed E-state index contributed by atoms with van der Waals surface area (Å²) in [4.78, 5) is 12.4. The number of hydrogen-bond acceptors (Lipinski definition) is 3. The van der Waals surface area contributed by atoms with Gasteiger partial charge in [-0.05, 0) is 92.1 Å². The summed E-state index contributed by atoms with van der Waals surface area (Å²) >= 11 is 0. The van der Waals surface area contributed by atoms with E-state index >= 15 is 0 Å². The number of nitrogens with one attached hydrogen (secondary N) is 2. The first kappa shape index (κ1) is 20.5. The van der Waals surface area contributed by atoms with Crippen LogP contribution >= 0.6 is 0 Å². The fourth-order valence-corrected chi connectivity index (χ4v) is 3.82. The third-order valence-corrected chi connectivity index (χ3v) is 6.02. The van der Waals surface area contributed by atoms with Gasteiger partial charge in [-0.2, -0.15) is 0 Å². The van der Waals surface area contributed by atoms with Crippen LogP contribution in [-0.2, 0) is 10.0 Å². The van der Waals surface area contributed by atoms with E-state index in [-0.39, 0.29) is 10.7 Å². The van der Waals surface area contributed by atoms with Crippen molar-refractivity contribution in [2.75, 3.05) is 10.0 Å². The van der Waals surface area contributed by atoms with Crippen molar-refractivity contribution in [2.24, 2.45) is 0 Å². The highest BCUT2D eigenvalue weighted by atomic mass is 32.2. The van der Waals surface area contributed by atoms with E-state index in [0.29, 0.717) is 22.5 Å². The average molecular weight is 412 g/mol. The molecule has 0 aliphatic carbocycles. The van der Waals surface area contributed by atoms with Crippen LogP contribution in [0.25, 0.3) is 0 Å². The second kappa shape index (κ2) is 8.05. The van der Waals surface area contributed by atoms with Crippen LogP contribution in [0.5, 0.6) is 0 Å². The van der Waals surface area contributed by atoms with Gasteiger partial charge in [-0.15, -0.1) is 0 Å². The molecular formula is C22H21FN2O3S. The number of sulfonamides is 1. The highest BCUT2D eigenvalue weighted by molar-refractivity contribution is 7.92. The molecule has 3 aromatic rings. The fraction of sp³-hybridized carbons (Fsp3) is 0.136. The number of benzene rings is 3. The van der Waals surface area contributed by atoms with Crippen molar-refractivity contribution >= 4 is 27.3 Å². The molecule has 3 aromatic carbocycles. The maximum atomic E-state index is 13.2. The standard InChI is InChI=1S/C22H21FN2O3S/c1-14-4-8-19(13-15(14)2)25-29(27,28)20-9-5-17(6-10-20)22(26)24-21-11-7-18(23)12-16(21)3/h4-13,25H,1-3H3,(H,24,26). The van der Waals surface area contributed by atoms with Crippen LogP contribution in [-0.4, -0.2) is 14.3 Å². The maximum absolute atomic E-state index is 13.2. The summed E-state index contributed by atoms with van der Waals surface area (Å²) in [7, 11) is -3.78. The Bertz CT molecular complexity index is 1170. The lowest BCUT2D eigenvalue weighted by Crippen LogP contribution is -2.15. The number of anilines is 2. The Hall–Kier alpha value is -3.19. The topological polar surface area (TPSA) is 75.3 Å². The minimum atomic E-state index is -3.78. The summed E-state index contributed by atoms with van der Waals surface area (Å²) in [6, 6.07) is 15.0. The minimum absolute atomic E-state index is 0.0465. The Balaban J connectivity index is 1.76. The van der Waals surface area contributed by atoms with Gasteiger partial charge >= 0.3 is 0 Å². The van der Waals surface area contributed by atoms with Gasteiger partial charge in [0.15, 0.2) is 0 Å². The molecule has 0 aromatic heterocycles. The number of hydrogen-bond donors (Lipinski definition) is 2. The number of amides is 1. The van der Waals surface area contributed by atoms with Crippen LogP contribution in [0.15, 0.2) is 65.6 Å². The van der Waals surface area contributed by atoms with Crippen molar-refractivity contribution in [3.63, 3.8) is 0 Å². The van der Waals surface area contributed by atoms with Crippen molar-refractivity contribution in [2.45, 2.75) is 25.7 Å². The molecule has 0 spiro atoms. The monoisotopic (exact) mass is 412 g/mol. The Morgan fingerprint density at radius 1 is 0.828 bits per heavy atom. The molecule has 0 unspecified atom stereocenters. The second-order valence-electron chi connectivity index (χ2n) is 6.84. The molecule has 0 aliphatic rings. The first-order valence-electron chi connectivity index (χ1n) is 8.93. The van der Waals surface area contributed by atoms with E-state index in [1.165, 1.54) is 42.5 Å². The Labute approximate surface area is 169 Å². The van der Waals surface area contributed by atoms with Gasteiger partial charge in [0.05, 0.1) is 4.90 Å². The van der Waals surface area contributed by atoms with Crippen molar-refractivity contribution < 1.29 is 17.6 Å². The Morgan fingerprint density at radius 3 is 2.14 bits per heavy atom. The van der Waals surface area contributed by atoms with E-state index < -0.39 is 15.9 Å². The van der Waals surface area contributed by atoms with Crippen LogP contribution in [0.4, 0.5) is 15.8 Å². The predicted octanol–water partition coefficient (Wildman–Crippen LogP) is 4.80. The molecule has 0 heterocycles. The summed E-state index contributed by atoms with van der Waals surface area (Å²) in [5.74, 6) is -0.794. The third-order valence-electron chi connectivity index (χ3n) is 4.62. The molecule has 0 fully saturated rings. The van der Waals surface area contributed by atoms with Crippen LogP contribution < -0.4 is 10.0 Å². The molecular weight excluding hydrogens is 391 g/mol. The minimum Gasteiger partial charge on any atom is -0.322 e. The van der Waals surface area contributed by atoms with E-state index in [0.717, 1.165) is 11.1 Å². The summed E-state index contributed by atoms with van der Waals surface area (Å²) in [5, 5.41) is 2.69. The molecule has 0 bridgehead atoms. The second-order valence-corrected chi connectivity index (χ2v) is 8.52. The Kier molecular flexibility index (Phi) is 5.70. The smallest absolute Gasteiger partial charge is 0.261 e. The first-order valence-corrected chi connectivity index (χ1v) is 10.4. The molecule has 0 aliphatic heterocycles. The molecule has 150 valence electrons. The molecule has 3 rings (SSSR count). The number of carbonyl (C=O) groups is 1. The molecule has 2 N–H and O–H groups in total. The van der Waals surface area contributed by atoms with Crippen LogP contribution in [0.2, 0.25) is 0 Å². The normalized spacial score (nSPS) is 11.2. The van der Waals surface area contributed by atoms with Gasteiger partial charge in [0.25, 0.3) is 15.9 Å². The van der Waals surface area contributed by atoms with Crippen molar-refractivity contribution in [3.8, 4) is 0 Å². The molecule has 5 nitrogen and oxygen atoms in total. The van der Waals surface area contributed by atoms with Gasteiger partial charge in [0.1, 0.15) is 5.82 Å². The van der Waals surface area contributed by atoms with Gasteiger partial charge in [0, 0.05) is 16.9 Å². The lowest BCUT2D eigenvalue weighted by molar-refractivity contribution is 0.102. The van der Waals surface area contributed by atoms with Crippen molar-refractivity contribution in [1.29, 1.82) is 0 Å². The fourth-order valence-electron chi connectivity index (χ4n) is 2.77. The highest BCUT2D eigenvalue weighted by Gasteiger charge is 2.16. The largest absolute Gasteiger partial charge is 0.322 e. The third kappa shape index (κ3) is 4.81. The van der Waals surface area contributed by atoms with E-state index in [1.54, 1.807) is 19.1 Å². The van der Waals surface area contributed by atoms with Gasteiger partial charge in [0.2, 0.25) is 0 Å². The highest BCUT2D eigenvalue weighted by Crippen LogP contribution is 2.20. The van der Waals surface area contributed by atoms with E-state index in [4.69, 9.17) is 0 Å². The van der Waals surface area contributed by atoms with Gasteiger partial charge in [-0.3, -0.25) is 9.52 Å². The molecule has 0 saturated carbocycles.